The van der Waals surface area contributed by atoms with Gasteiger partial charge in [0.1, 0.15) is 0 Å². The van der Waals surface area contributed by atoms with E-state index in [2.05, 4.69) is 33.4 Å². The molecule has 0 aliphatic rings. The van der Waals surface area contributed by atoms with Crippen LogP contribution in [0.3, 0.4) is 0 Å². The fourth-order valence-electron chi connectivity index (χ4n) is 1.01. The van der Waals surface area contributed by atoms with Gasteiger partial charge in [0, 0.05) is 0 Å². The molecule has 0 spiro atoms. The van der Waals surface area contributed by atoms with E-state index in [1.165, 1.54) is 12.0 Å². The summed E-state index contributed by atoms with van der Waals surface area (Å²) in [4.78, 5) is 0. The lowest BCUT2D eigenvalue weighted by molar-refractivity contribution is 0.642. The van der Waals surface area contributed by atoms with Crippen LogP contribution in [-0.4, -0.2) is 0 Å². The Balaban J connectivity index is 3.80. The van der Waals surface area contributed by atoms with Crippen molar-refractivity contribution in [1.82, 2.24) is 0 Å². The first-order valence-corrected chi connectivity index (χ1v) is 4.11. The Morgan fingerprint density at radius 2 is 2.00 bits per heavy atom. The largest absolute Gasteiger partial charge is 0.0991 e. The SMILES string of the molecule is C=C/C=C\C=C(\C)CC(C)C. The maximum absolute atomic E-state index is 3.60. The van der Waals surface area contributed by atoms with Crippen LogP contribution in [0.25, 0.3) is 0 Å². The van der Waals surface area contributed by atoms with Crippen LogP contribution in [0.15, 0.2) is 36.5 Å². The zero-order chi connectivity index (χ0) is 8.69. The minimum Gasteiger partial charge on any atom is -0.0991 e. The van der Waals surface area contributed by atoms with E-state index in [-0.39, 0.29) is 0 Å². The van der Waals surface area contributed by atoms with Crippen molar-refractivity contribution < 1.29 is 0 Å². The second-order valence-corrected chi connectivity index (χ2v) is 3.23. The Morgan fingerprint density at radius 1 is 1.36 bits per heavy atom. The Hall–Kier alpha value is -0.780. The summed E-state index contributed by atoms with van der Waals surface area (Å²) in [5.74, 6) is 0.753. The lowest BCUT2D eigenvalue weighted by Crippen LogP contribution is -1.86. The van der Waals surface area contributed by atoms with E-state index >= 15 is 0 Å². The monoisotopic (exact) mass is 150 g/mol. The van der Waals surface area contributed by atoms with Gasteiger partial charge in [-0.2, -0.15) is 0 Å². The van der Waals surface area contributed by atoms with Crippen LogP contribution in [0.2, 0.25) is 0 Å². The van der Waals surface area contributed by atoms with Crippen molar-refractivity contribution in [2.75, 3.05) is 0 Å². The first-order valence-electron chi connectivity index (χ1n) is 4.11. The minimum atomic E-state index is 0.753. The molecular formula is C11H18. The number of hydrogen-bond acceptors (Lipinski definition) is 0. The second-order valence-electron chi connectivity index (χ2n) is 3.23. The highest BCUT2D eigenvalue weighted by Gasteiger charge is 1.92. The smallest absolute Gasteiger partial charge is 0.0297 e. The number of allylic oxidation sites excluding steroid dienone is 5. The van der Waals surface area contributed by atoms with Gasteiger partial charge in [-0.25, -0.2) is 0 Å². The molecule has 0 aromatic rings. The lowest BCUT2D eigenvalue weighted by atomic mass is 10.0. The standard InChI is InChI=1S/C11H18/c1-5-6-7-8-11(4)9-10(2)3/h5-8,10H,1,9H2,2-4H3/b7-6-,11-8-. The predicted octanol–water partition coefficient (Wildman–Crippen LogP) is 3.72. The molecule has 0 aromatic carbocycles. The molecule has 0 aliphatic carbocycles. The topological polar surface area (TPSA) is 0 Å². The van der Waals surface area contributed by atoms with Crippen molar-refractivity contribution in [3.8, 4) is 0 Å². The Morgan fingerprint density at radius 3 is 2.45 bits per heavy atom. The van der Waals surface area contributed by atoms with Crippen molar-refractivity contribution in [3.63, 3.8) is 0 Å². The molecule has 0 unspecified atom stereocenters. The van der Waals surface area contributed by atoms with Crippen molar-refractivity contribution in [1.29, 1.82) is 0 Å². The maximum atomic E-state index is 3.60. The average Bonchev–Trinajstić information content (AvgIpc) is 1.86. The van der Waals surface area contributed by atoms with Gasteiger partial charge in [-0.15, -0.1) is 0 Å². The third kappa shape index (κ3) is 7.11. The molecule has 0 rings (SSSR count). The van der Waals surface area contributed by atoms with Gasteiger partial charge in [-0.1, -0.05) is 50.3 Å². The second kappa shape index (κ2) is 5.96. The summed E-state index contributed by atoms with van der Waals surface area (Å²) >= 11 is 0. The minimum absolute atomic E-state index is 0.753. The van der Waals surface area contributed by atoms with E-state index in [1.807, 2.05) is 12.2 Å². The average molecular weight is 150 g/mol. The van der Waals surface area contributed by atoms with E-state index in [0.717, 1.165) is 5.92 Å². The van der Waals surface area contributed by atoms with Crippen LogP contribution in [0.5, 0.6) is 0 Å². The van der Waals surface area contributed by atoms with E-state index in [1.54, 1.807) is 6.08 Å². The number of hydrogen-bond donors (Lipinski definition) is 0. The fourth-order valence-corrected chi connectivity index (χ4v) is 1.01. The van der Waals surface area contributed by atoms with Crippen LogP contribution in [-0.2, 0) is 0 Å². The molecule has 0 bridgehead atoms. The molecule has 0 heterocycles. The van der Waals surface area contributed by atoms with Gasteiger partial charge in [0.25, 0.3) is 0 Å². The first-order chi connectivity index (χ1) is 5.16. The third-order valence-corrected chi connectivity index (χ3v) is 1.36. The van der Waals surface area contributed by atoms with Gasteiger partial charge in [-0.05, 0) is 19.3 Å². The Kier molecular flexibility index (Phi) is 5.54. The molecule has 0 saturated carbocycles. The van der Waals surface area contributed by atoms with Gasteiger partial charge in [0.2, 0.25) is 0 Å². The highest BCUT2D eigenvalue weighted by molar-refractivity contribution is 5.14. The summed E-state index contributed by atoms with van der Waals surface area (Å²) in [5, 5.41) is 0. The van der Waals surface area contributed by atoms with Crippen molar-refractivity contribution in [2.45, 2.75) is 27.2 Å². The van der Waals surface area contributed by atoms with Crippen molar-refractivity contribution >= 4 is 0 Å². The highest BCUT2D eigenvalue weighted by atomic mass is 14.0. The molecule has 0 N–H and O–H groups in total. The summed E-state index contributed by atoms with van der Waals surface area (Å²) in [6.45, 7) is 10.2. The number of rotatable bonds is 4. The summed E-state index contributed by atoms with van der Waals surface area (Å²) in [6, 6.07) is 0. The summed E-state index contributed by atoms with van der Waals surface area (Å²) in [7, 11) is 0. The van der Waals surface area contributed by atoms with E-state index in [4.69, 9.17) is 0 Å². The van der Waals surface area contributed by atoms with Crippen LogP contribution in [0.4, 0.5) is 0 Å². The zero-order valence-electron chi connectivity index (χ0n) is 7.80. The van der Waals surface area contributed by atoms with E-state index in [0.29, 0.717) is 0 Å². The van der Waals surface area contributed by atoms with Crippen LogP contribution in [0.1, 0.15) is 27.2 Å². The van der Waals surface area contributed by atoms with Crippen LogP contribution >= 0.6 is 0 Å². The third-order valence-electron chi connectivity index (χ3n) is 1.36. The molecule has 0 amide bonds. The molecule has 0 atom stereocenters. The van der Waals surface area contributed by atoms with Crippen LogP contribution < -0.4 is 0 Å². The maximum Gasteiger partial charge on any atom is -0.0297 e. The summed E-state index contributed by atoms with van der Waals surface area (Å²) in [5.41, 5.74) is 1.43. The molecule has 0 radical (unpaired) electrons. The Labute approximate surface area is 70.3 Å². The zero-order valence-corrected chi connectivity index (χ0v) is 7.80. The molecule has 0 fully saturated rings. The van der Waals surface area contributed by atoms with Gasteiger partial charge in [0.05, 0.1) is 0 Å². The molecule has 0 aliphatic heterocycles. The lowest BCUT2D eigenvalue weighted by Gasteiger charge is -2.02. The first kappa shape index (κ1) is 10.2. The molecule has 0 saturated heterocycles. The fraction of sp³-hybridized carbons (Fsp3) is 0.455. The normalized spacial score (nSPS) is 12.9. The quantitative estimate of drug-likeness (QED) is 0.536. The molecule has 11 heavy (non-hydrogen) atoms. The van der Waals surface area contributed by atoms with Gasteiger partial charge in [-0.3, -0.25) is 0 Å². The van der Waals surface area contributed by atoms with E-state index < -0.39 is 0 Å². The molecule has 0 heteroatoms. The van der Waals surface area contributed by atoms with Gasteiger partial charge in [0.15, 0.2) is 0 Å². The van der Waals surface area contributed by atoms with Gasteiger partial charge >= 0.3 is 0 Å². The highest BCUT2D eigenvalue weighted by Crippen LogP contribution is 2.09. The van der Waals surface area contributed by atoms with Crippen LogP contribution in [0, 0.1) is 5.92 Å². The van der Waals surface area contributed by atoms with Crippen molar-refractivity contribution in [2.24, 2.45) is 5.92 Å². The molecule has 62 valence electrons. The van der Waals surface area contributed by atoms with Crippen molar-refractivity contribution in [3.05, 3.63) is 36.5 Å². The molecule has 0 nitrogen and oxygen atoms in total. The summed E-state index contributed by atoms with van der Waals surface area (Å²) in [6.07, 6.45) is 9.09. The summed E-state index contributed by atoms with van der Waals surface area (Å²) < 4.78 is 0. The molecular weight excluding hydrogens is 132 g/mol. The Bertz CT molecular complexity index is 159. The van der Waals surface area contributed by atoms with E-state index in [9.17, 15) is 0 Å². The van der Waals surface area contributed by atoms with Gasteiger partial charge < -0.3 is 0 Å². The molecule has 0 aromatic heterocycles. The predicted molar refractivity (Wildman–Crippen MR) is 52.5 cm³/mol.